The Labute approximate surface area is 136 Å². The number of halogens is 2. The first kappa shape index (κ1) is 18.5. The van der Waals surface area contributed by atoms with Gasteiger partial charge in [-0.2, -0.15) is 0 Å². The largest absolute Gasteiger partial charge is 0.489 e. The summed E-state index contributed by atoms with van der Waals surface area (Å²) in [5, 5.41) is 23.3. The van der Waals surface area contributed by atoms with E-state index in [0.717, 1.165) is 6.42 Å². The van der Waals surface area contributed by atoms with E-state index in [1.807, 2.05) is 13.8 Å². The van der Waals surface area contributed by atoms with E-state index in [2.05, 4.69) is 5.32 Å². The molecular weight excluding hydrogens is 313 g/mol. The fraction of sp³-hybridized carbons (Fsp3) is 0.600. The molecule has 0 aliphatic rings. The Kier molecular flexibility index (Phi) is 7.77. The van der Waals surface area contributed by atoms with Crippen molar-refractivity contribution in [2.75, 3.05) is 19.8 Å². The van der Waals surface area contributed by atoms with Crippen LogP contribution in [0.2, 0.25) is 10.0 Å². The molecule has 0 aliphatic heterocycles. The molecule has 0 saturated carbocycles. The SMILES string of the molecule is CCC(C)(CCO)NCC(O)COc1cc(Cl)ccc1Cl. The monoisotopic (exact) mass is 335 g/mol. The maximum Gasteiger partial charge on any atom is 0.139 e. The van der Waals surface area contributed by atoms with E-state index in [1.165, 1.54) is 0 Å². The molecule has 1 rings (SSSR count). The van der Waals surface area contributed by atoms with Crippen LogP contribution in [0.1, 0.15) is 26.7 Å². The van der Waals surface area contributed by atoms with Crippen molar-refractivity contribution in [1.82, 2.24) is 5.32 Å². The summed E-state index contributed by atoms with van der Waals surface area (Å²) in [4.78, 5) is 0. The Morgan fingerprint density at radius 1 is 1.38 bits per heavy atom. The van der Waals surface area contributed by atoms with Gasteiger partial charge in [0.25, 0.3) is 0 Å². The van der Waals surface area contributed by atoms with Gasteiger partial charge in [-0.05, 0) is 31.9 Å². The molecular formula is C15H23Cl2NO3. The molecule has 1 aromatic carbocycles. The molecule has 3 N–H and O–H groups in total. The topological polar surface area (TPSA) is 61.7 Å². The second kappa shape index (κ2) is 8.81. The number of β-amino-alcohol motifs (C(OH)–C–C–N with tert-alkyl or cyclic N) is 1. The number of ether oxygens (including phenoxy) is 1. The molecule has 0 aliphatic carbocycles. The van der Waals surface area contributed by atoms with E-state index in [1.54, 1.807) is 18.2 Å². The minimum Gasteiger partial charge on any atom is -0.489 e. The third-order valence-corrected chi connectivity index (χ3v) is 4.08. The number of aliphatic hydroxyl groups is 2. The van der Waals surface area contributed by atoms with Crippen molar-refractivity contribution in [3.05, 3.63) is 28.2 Å². The van der Waals surface area contributed by atoms with Gasteiger partial charge in [0.2, 0.25) is 0 Å². The normalized spacial score (nSPS) is 15.5. The lowest BCUT2D eigenvalue weighted by Crippen LogP contribution is -2.47. The minimum atomic E-state index is -0.676. The zero-order valence-corrected chi connectivity index (χ0v) is 13.9. The van der Waals surface area contributed by atoms with Gasteiger partial charge in [0.1, 0.15) is 18.5 Å². The van der Waals surface area contributed by atoms with Gasteiger partial charge < -0.3 is 20.3 Å². The number of aliphatic hydroxyl groups excluding tert-OH is 2. The summed E-state index contributed by atoms with van der Waals surface area (Å²) < 4.78 is 5.48. The Hall–Kier alpha value is -0.520. The minimum absolute atomic E-state index is 0.113. The molecule has 0 bridgehead atoms. The summed E-state index contributed by atoms with van der Waals surface area (Å²) in [6, 6.07) is 4.95. The second-order valence-electron chi connectivity index (χ2n) is 5.31. The smallest absolute Gasteiger partial charge is 0.139 e. The van der Waals surface area contributed by atoms with Crippen LogP contribution in [-0.4, -0.2) is 41.6 Å². The highest BCUT2D eigenvalue weighted by Crippen LogP contribution is 2.27. The molecule has 2 atom stereocenters. The average molecular weight is 336 g/mol. The Bertz CT molecular complexity index is 445. The number of nitrogens with one attached hydrogen (secondary N) is 1. The van der Waals surface area contributed by atoms with Gasteiger partial charge in [0, 0.05) is 29.8 Å². The standard InChI is InChI=1S/C15H23Cl2NO3/c1-3-15(2,6-7-19)18-9-12(20)10-21-14-8-11(16)4-5-13(14)17/h4-5,8,12,18-20H,3,6-7,9-10H2,1-2H3. The summed E-state index contributed by atoms with van der Waals surface area (Å²) in [5.41, 5.74) is -0.191. The van der Waals surface area contributed by atoms with Gasteiger partial charge in [-0.25, -0.2) is 0 Å². The summed E-state index contributed by atoms with van der Waals surface area (Å²) in [7, 11) is 0. The average Bonchev–Trinajstić information content (AvgIpc) is 2.46. The third-order valence-electron chi connectivity index (χ3n) is 3.53. The summed E-state index contributed by atoms with van der Waals surface area (Å²) >= 11 is 11.9. The predicted octanol–water partition coefficient (Wildman–Crippen LogP) is 2.87. The first-order valence-electron chi connectivity index (χ1n) is 7.02. The van der Waals surface area contributed by atoms with Crippen LogP contribution in [-0.2, 0) is 0 Å². The molecule has 120 valence electrons. The lowest BCUT2D eigenvalue weighted by molar-refractivity contribution is 0.0935. The number of benzene rings is 1. The molecule has 0 heterocycles. The zero-order valence-electron chi connectivity index (χ0n) is 12.4. The Balaban J connectivity index is 2.43. The summed E-state index contributed by atoms with van der Waals surface area (Å²) in [6.07, 6.45) is 0.822. The molecule has 21 heavy (non-hydrogen) atoms. The highest BCUT2D eigenvalue weighted by atomic mass is 35.5. The highest BCUT2D eigenvalue weighted by Gasteiger charge is 2.21. The van der Waals surface area contributed by atoms with Crippen LogP contribution in [0.25, 0.3) is 0 Å². The van der Waals surface area contributed by atoms with Gasteiger partial charge in [-0.3, -0.25) is 0 Å². The zero-order chi connectivity index (χ0) is 15.9. The fourth-order valence-corrected chi connectivity index (χ4v) is 2.17. The molecule has 0 spiro atoms. The van der Waals surface area contributed by atoms with Crippen molar-refractivity contribution in [1.29, 1.82) is 0 Å². The van der Waals surface area contributed by atoms with Crippen molar-refractivity contribution in [2.45, 2.75) is 38.3 Å². The van der Waals surface area contributed by atoms with Gasteiger partial charge >= 0.3 is 0 Å². The van der Waals surface area contributed by atoms with Crippen LogP contribution in [0.15, 0.2) is 18.2 Å². The molecule has 0 radical (unpaired) electrons. The van der Waals surface area contributed by atoms with Crippen LogP contribution >= 0.6 is 23.2 Å². The van der Waals surface area contributed by atoms with Crippen LogP contribution < -0.4 is 10.1 Å². The first-order chi connectivity index (χ1) is 9.90. The number of hydrogen-bond donors (Lipinski definition) is 3. The molecule has 2 unspecified atom stereocenters. The van der Waals surface area contributed by atoms with Crippen molar-refractivity contribution >= 4 is 23.2 Å². The van der Waals surface area contributed by atoms with Crippen LogP contribution in [0, 0.1) is 0 Å². The molecule has 6 heteroatoms. The quantitative estimate of drug-likeness (QED) is 0.649. The molecule has 0 amide bonds. The second-order valence-corrected chi connectivity index (χ2v) is 6.15. The van der Waals surface area contributed by atoms with Crippen LogP contribution in [0.4, 0.5) is 0 Å². The Morgan fingerprint density at radius 2 is 2.10 bits per heavy atom. The molecule has 0 saturated heterocycles. The third kappa shape index (κ3) is 6.41. The van der Waals surface area contributed by atoms with Gasteiger partial charge in [0.05, 0.1) is 5.02 Å². The van der Waals surface area contributed by atoms with Crippen molar-refractivity contribution in [3.63, 3.8) is 0 Å². The molecule has 0 fully saturated rings. The lowest BCUT2D eigenvalue weighted by atomic mass is 9.95. The first-order valence-corrected chi connectivity index (χ1v) is 7.77. The van der Waals surface area contributed by atoms with Crippen LogP contribution in [0.5, 0.6) is 5.75 Å². The van der Waals surface area contributed by atoms with E-state index in [9.17, 15) is 5.11 Å². The number of hydrogen-bond acceptors (Lipinski definition) is 4. The van der Waals surface area contributed by atoms with Gasteiger partial charge in [-0.1, -0.05) is 30.1 Å². The lowest BCUT2D eigenvalue weighted by Gasteiger charge is -2.30. The molecule has 0 aromatic heterocycles. The molecule has 4 nitrogen and oxygen atoms in total. The van der Waals surface area contributed by atoms with E-state index in [4.69, 9.17) is 33.0 Å². The maximum atomic E-state index is 9.97. The van der Waals surface area contributed by atoms with E-state index in [-0.39, 0.29) is 18.8 Å². The van der Waals surface area contributed by atoms with E-state index >= 15 is 0 Å². The molecule has 1 aromatic rings. The maximum absolute atomic E-state index is 9.97. The van der Waals surface area contributed by atoms with Crippen molar-refractivity contribution < 1.29 is 14.9 Å². The van der Waals surface area contributed by atoms with Gasteiger partial charge in [-0.15, -0.1) is 0 Å². The van der Waals surface area contributed by atoms with E-state index < -0.39 is 6.10 Å². The van der Waals surface area contributed by atoms with Crippen molar-refractivity contribution in [3.8, 4) is 5.75 Å². The van der Waals surface area contributed by atoms with Crippen LogP contribution in [0.3, 0.4) is 0 Å². The van der Waals surface area contributed by atoms with Gasteiger partial charge in [0.15, 0.2) is 0 Å². The highest BCUT2D eigenvalue weighted by molar-refractivity contribution is 6.34. The number of rotatable bonds is 9. The summed E-state index contributed by atoms with van der Waals surface area (Å²) in [6.45, 7) is 4.67. The van der Waals surface area contributed by atoms with Crippen molar-refractivity contribution in [2.24, 2.45) is 0 Å². The summed E-state index contributed by atoms with van der Waals surface area (Å²) in [5.74, 6) is 0.455. The predicted molar refractivity (Wildman–Crippen MR) is 86.4 cm³/mol. The Morgan fingerprint density at radius 3 is 2.71 bits per heavy atom. The fourth-order valence-electron chi connectivity index (χ4n) is 1.83. The van der Waals surface area contributed by atoms with E-state index in [0.29, 0.717) is 28.8 Å².